The lowest BCUT2D eigenvalue weighted by atomic mass is 9.95. The Morgan fingerprint density at radius 2 is 1.70 bits per heavy atom. The highest BCUT2D eigenvalue weighted by Gasteiger charge is 2.16. The average Bonchev–Trinajstić information content (AvgIpc) is 3.17. The van der Waals surface area contributed by atoms with Gasteiger partial charge in [0.15, 0.2) is 0 Å². The third-order valence-corrected chi connectivity index (χ3v) is 5.65. The lowest BCUT2D eigenvalue weighted by molar-refractivity contribution is 0.200. The van der Waals surface area contributed by atoms with Crippen LogP contribution in [0, 0.1) is 0 Å². The molecule has 4 nitrogen and oxygen atoms in total. The largest absolute Gasteiger partial charge is 0.394 e. The number of aliphatic hydroxyl groups excluding tert-OH is 1. The van der Waals surface area contributed by atoms with Crippen molar-refractivity contribution in [1.82, 2.24) is 9.97 Å². The summed E-state index contributed by atoms with van der Waals surface area (Å²) in [5, 5.41) is 9.25. The minimum Gasteiger partial charge on any atom is -0.394 e. The monoisotopic (exact) mass is 381 g/mol. The predicted molar refractivity (Wildman–Crippen MR) is 112 cm³/mol. The molecule has 1 heterocycles. The second kappa shape index (κ2) is 8.74. The first kappa shape index (κ1) is 19.7. The fraction of sp³-hybridized carbons (Fsp3) is 0.318. The number of nitrogens with zero attached hydrogens (tertiary/aromatic N) is 1. The predicted octanol–water partition coefficient (Wildman–Crippen LogP) is 4.43. The van der Waals surface area contributed by atoms with Crippen molar-refractivity contribution in [3.05, 3.63) is 66.1 Å². The highest BCUT2D eigenvalue weighted by atomic mass is 32.2. The van der Waals surface area contributed by atoms with Gasteiger partial charge in [0, 0.05) is 21.8 Å². The maximum Gasteiger partial charge on any atom is 0.106 e. The number of aromatic nitrogens is 2. The SMILES string of the molecule is CCc1ncc(-c2ccc(Sc3ccc(CCC(C)(N)CO)cc3)cc2)[nH]1. The number of nitrogens with two attached hydrogens (primary N) is 1. The van der Waals surface area contributed by atoms with Gasteiger partial charge in [0.05, 0.1) is 18.5 Å². The maximum atomic E-state index is 9.25. The minimum absolute atomic E-state index is 0.00916. The summed E-state index contributed by atoms with van der Waals surface area (Å²) in [6.45, 7) is 3.98. The molecule has 0 radical (unpaired) electrons. The van der Waals surface area contributed by atoms with E-state index in [1.165, 1.54) is 15.4 Å². The molecule has 0 aliphatic rings. The third kappa shape index (κ3) is 5.45. The van der Waals surface area contributed by atoms with Crippen LogP contribution in [-0.2, 0) is 12.8 Å². The Labute approximate surface area is 165 Å². The van der Waals surface area contributed by atoms with Crippen molar-refractivity contribution >= 4 is 11.8 Å². The number of aryl methyl sites for hydroxylation is 2. The Kier molecular flexibility index (Phi) is 6.37. The first-order valence-corrected chi connectivity index (χ1v) is 10.1. The summed E-state index contributed by atoms with van der Waals surface area (Å²) < 4.78 is 0. The van der Waals surface area contributed by atoms with E-state index in [4.69, 9.17) is 5.73 Å². The van der Waals surface area contributed by atoms with Gasteiger partial charge in [-0.25, -0.2) is 4.98 Å². The molecule has 1 atom stereocenters. The molecule has 5 heteroatoms. The van der Waals surface area contributed by atoms with Crippen LogP contribution in [0.5, 0.6) is 0 Å². The summed E-state index contributed by atoms with van der Waals surface area (Å²) in [7, 11) is 0. The summed E-state index contributed by atoms with van der Waals surface area (Å²) in [4.78, 5) is 10.1. The molecular formula is C22H27N3OS. The molecule has 0 bridgehead atoms. The van der Waals surface area contributed by atoms with Gasteiger partial charge >= 0.3 is 0 Å². The Morgan fingerprint density at radius 3 is 2.26 bits per heavy atom. The molecule has 0 saturated carbocycles. The smallest absolute Gasteiger partial charge is 0.106 e. The first-order valence-electron chi connectivity index (χ1n) is 9.30. The van der Waals surface area contributed by atoms with Crippen molar-refractivity contribution in [3.8, 4) is 11.3 Å². The van der Waals surface area contributed by atoms with Crippen LogP contribution in [0.2, 0.25) is 0 Å². The standard InChI is InChI=1S/C22H27N3OS/c1-3-21-24-14-20(25-21)17-6-10-19(11-7-17)27-18-8-4-16(5-9-18)12-13-22(2,23)15-26/h4-11,14,26H,3,12-13,15,23H2,1-2H3,(H,24,25). The Balaban J connectivity index is 1.60. The van der Waals surface area contributed by atoms with Crippen LogP contribution in [0.4, 0.5) is 0 Å². The molecule has 0 amide bonds. The summed E-state index contributed by atoms with van der Waals surface area (Å²) in [6, 6.07) is 17.1. The highest BCUT2D eigenvalue weighted by Crippen LogP contribution is 2.30. The van der Waals surface area contributed by atoms with E-state index in [0.717, 1.165) is 36.3 Å². The molecule has 142 valence electrons. The lowest BCUT2D eigenvalue weighted by Gasteiger charge is -2.21. The van der Waals surface area contributed by atoms with Crippen molar-refractivity contribution in [1.29, 1.82) is 0 Å². The fourth-order valence-corrected chi connectivity index (χ4v) is 3.58. The molecule has 0 spiro atoms. The second-order valence-electron chi connectivity index (χ2n) is 7.18. The number of aromatic amines is 1. The van der Waals surface area contributed by atoms with E-state index in [-0.39, 0.29) is 6.61 Å². The van der Waals surface area contributed by atoms with E-state index < -0.39 is 5.54 Å². The molecule has 1 aromatic heterocycles. The van der Waals surface area contributed by atoms with Crippen molar-refractivity contribution < 1.29 is 5.11 Å². The van der Waals surface area contributed by atoms with E-state index in [2.05, 4.69) is 65.4 Å². The van der Waals surface area contributed by atoms with Crippen LogP contribution in [0.3, 0.4) is 0 Å². The molecule has 0 aliphatic heterocycles. The number of hydrogen-bond donors (Lipinski definition) is 3. The van der Waals surface area contributed by atoms with E-state index >= 15 is 0 Å². The van der Waals surface area contributed by atoms with Crippen molar-refractivity contribution in [2.45, 2.75) is 48.4 Å². The first-order chi connectivity index (χ1) is 13.0. The van der Waals surface area contributed by atoms with E-state index in [1.54, 1.807) is 11.8 Å². The van der Waals surface area contributed by atoms with Crippen LogP contribution in [0.25, 0.3) is 11.3 Å². The normalized spacial score (nSPS) is 13.5. The topological polar surface area (TPSA) is 74.9 Å². The van der Waals surface area contributed by atoms with Gasteiger partial charge in [0.25, 0.3) is 0 Å². The number of benzene rings is 2. The molecule has 3 rings (SSSR count). The molecular weight excluding hydrogens is 354 g/mol. The van der Waals surface area contributed by atoms with Crippen LogP contribution >= 0.6 is 11.8 Å². The lowest BCUT2D eigenvalue weighted by Crippen LogP contribution is -2.40. The van der Waals surface area contributed by atoms with E-state index in [9.17, 15) is 5.11 Å². The van der Waals surface area contributed by atoms with Crippen molar-refractivity contribution in [2.75, 3.05) is 6.61 Å². The van der Waals surface area contributed by atoms with Crippen LogP contribution in [0.15, 0.2) is 64.5 Å². The molecule has 1 unspecified atom stereocenters. The fourth-order valence-electron chi connectivity index (χ4n) is 2.76. The molecule has 0 fully saturated rings. The van der Waals surface area contributed by atoms with Gasteiger partial charge in [-0.05, 0) is 55.2 Å². The number of imidazole rings is 1. The number of rotatable bonds is 8. The zero-order chi connectivity index (χ0) is 19.3. The number of nitrogens with one attached hydrogen (secondary N) is 1. The van der Waals surface area contributed by atoms with Crippen LogP contribution in [-0.4, -0.2) is 27.2 Å². The number of hydrogen-bond acceptors (Lipinski definition) is 4. The molecule has 4 N–H and O–H groups in total. The zero-order valence-corrected chi connectivity index (χ0v) is 16.7. The van der Waals surface area contributed by atoms with Crippen molar-refractivity contribution in [2.24, 2.45) is 5.73 Å². The number of H-pyrrole nitrogens is 1. The minimum atomic E-state index is -0.512. The van der Waals surface area contributed by atoms with Gasteiger partial charge in [-0.1, -0.05) is 43.0 Å². The second-order valence-corrected chi connectivity index (χ2v) is 8.33. The molecule has 2 aromatic carbocycles. The Bertz CT molecular complexity index is 854. The highest BCUT2D eigenvalue weighted by molar-refractivity contribution is 7.99. The summed E-state index contributed by atoms with van der Waals surface area (Å²) in [5.41, 5.74) is 8.94. The number of aliphatic hydroxyl groups is 1. The molecule has 3 aromatic rings. The molecule has 0 aliphatic carbocycles. The summed E-state index contributed by atoms with van der Waals surface area (Å²) >= 11 is 1.75. The van der Waals surface area contributed by atoms with Gasteiger partial charge in [-0.3, -0.25) is 0 Å². The van der Waals surface area contributed by atoms with Gasteiger partial charge < -0.3 is 15.8 Å². The summed E-state index contributed by atoms with van der Waals surface area (Å²) in [5.74, 6) is 1.01. The van der Waals surface area contributed by atoms with Gasteiger partial charge in [-0.2, -0.15) is 0 Å². The van der Waals surface area contributed by atoms with Gasteiger partial charge in [-0.15, -0.1) is 0 Å². The average molecular weight is 382 g/mol. The molecule has 27 heavy (non-hydrogen) atoms. The Hall–Kier alpha value is -2.08. The quantitative estimate of drug-likeness (QED) is 0.539. The van der Waals surface area contributed by atoms with Gasteiger partial charge in [0.2, 0.25) is 0 Å². The van der Waals surface area contributed by atoms with Crippen LogP contribution < -0.4 is 5.73 Å². The maximum absolute atomic E-state index is 9.25. The van der Waals surface area contributed by atoms with Crippen LogP contribution in [0.1, 0.15) is 31.7 Å². The van der Waals surface area contributed by atoms with E-state index in [1.807, 2.05) is 13.1 Å². The van der Waals surface area contributed by atoms with Crippen molar-refractivity contribution in [3.63, 3.8) is 0 Å². The zero-order valence-electron chi connectivity index (χ0n) is 15.9. The van der Waals surface area contributed by atoms with Gasteiger partial charge in [0.1, 0.15) is 5.82 Å². The molecule has 0 saturated heterocycles. The Morgan fingerprint density at radius 1 is 1.07 bits per heavy atom. The summed E-state index contributed by atoms with van der Waals surface area (Å²) in [6.07, 6.45) is 4.44. The van der Waals surface area contributed by atoms with E-state index in [0.29, 0.717) is 0 Å². The third-order valence-electron chi connectivity index (χ3n) is 4.63.